The van der Waals surface area contributed by atoms with Gasteiger partial charge in [-0.25, -0.2) is 4.79 Å². The number of hydrogen-bond donors (Lipinski definition) is 1. The molecule has 1 aliphatic heterocycles. The summed E-state index contributed by atoms with van der Waals surface area (Å²) in [5.41, 5.74) is 7.65. The van der Waals surface area contributed by atoms with E-state index in [1.54, 1.807) is 36.4 Å². The number of rotatable bonds is 6. The molecule has 1 heterocycles. The number of para-hydroxylation sites is 1. The maximum Gasteiger partial charge on any atom is 0.340 e. The highest BCUT2D eigenvalue weighted by atomic mass is 35.5. The number of esters is 1. The molecule has 2 aromatic rings. The number of allylic oxidation sites excluding steroid dienone is 2. The number of nitrogens with two attached hydrogens (primary N) is 1. The monoisotopic (exact) mass is 531 g/mol. The van der Waals surface area contributed by atoms with Crippen LogP contribution in [0.3, 0.4) is 0 Å². The fourth-order valence-corrected chi connectivity index (χ4v) is 4.99. The van der Waals surface area contributed by atoms with Crippen LogP contribution >= 0.6 is 23.2 Å². The summed E-state index contributed by atoms with van der Waals surface area (Å²) in [5, 5.41) is 0.832. The minimum atomic E-state index is -0.858. The first-order chi connectivity index (χ1) is 17.1. The summed E-state index contributed by atoms with van der Waals surface area (Å²) in [6, 6.07) is 10.5. The zero-order valence-corrected chi connectivity index (χ0v) is 22.0. The number of benzene rings is 2. The molecule has 9 heteroatoms. The van der Waals surface area contributed by atoms with Crippen LogP contribution in [0.4, 0.5) is 0 Å². The van der Waals surface area contributed by atoms with E-state index in [1.165, 1.54) is 14.2 Å². The highest BCUT2D eigenvalue weighted by Gasteiger charge is 2.46. The van der Waals surface area contributed by atoms with Gasteiger partial charge in [0.2, 0.25) is 5.88 Å². The number of halogens is 2. The van der Waals surface area contributed by atoms with E-state index in [0.29, 0.717) is 51.3 Å². The van der Waals surface area contributed by atoms with Gasteiger partial charge in [0.1, 0.15) is 17.9 Å². The summed E-state index contributed by atoms with van der Waals surface area (Å²) < 4.78 is 22.7. The lowest BCUT2D eigenvalue weighted by Crippen LogP contribution is -2.35. The molecular weight excluding hydrogens is 505 g/mol. The van der Waals surface area contributed by atoms with Crippen molar-refractivity contribution in [1.29, 1.82) is 0 Å². The van der Waals surface area contributed by atoms with E-state index in [1.807, 2.05) is 13.8 Å². The molecule has 2 N–H and O–H groups in total. The van der Waals surface area contributed by atoms with Crippen molar-refractivity contribution < 1.29 is 28.5 Å². The minimum Gasteiger partial charge on any atom is -0.493 e. The van der Waals surface area contributed by atoms with E-state index in [4.69, 9.17) is 47.9 Å². The van der Waals surface area contributed by atoms with Crippen molar-refractivity contribution >= 4 is 35.0 Å². The molecule has 0 radical (unpaired) electrons. The third kappa shape index (κ3) is 4.90. The Balaban J connectivity index is 1.86. The molecule has 0 fully saturated rings. The van der Waals surface area contributed by atoms with E-state index in [-0.39, 0.29) is 29.3 Å². The molecule has 1 unspecified atom stereocenters. The van der Waals surface area contributed by atoms with Crippen LogP contribution in [-0.4, -0.2) is 26.0 Å². The maximum absolute atomic E-state index is 13.5. The fraction of sp³-hybridized carbons (Fsp3) is 0.333. The Bertz CT molecular complexity index is 1300. The Labute approximate surface area is 219 Å². The van der Waals surface area contributed by atoms with Crippen LogP contribution in [-0.2, 0) is 25.7 Å². The molecule has 0 amide bonds. The molecule has 4 rings (SSSR count). The number of hydrogen-bond acceptors (Lipinski definition) is 7. The third-order valence-corrected chi connectivity index (χ3v) is 7.01. The van der Waals surface area contributed by atoms with Crippen LogP contribution in [0.1, 0.15) is 43.7 Å². The van der Waals surface area contributed by atoms with Crippen molar-refractivity contribution in [2.24, 2.45) is 11.1 Å². The summed E-state index contributed by atoms with van der Waals surface area (Å²) >= 11 is 12.2. The van der Waals surface area contributed by atoms with E-state index in [2.05, 4.69) is 0 Å². The molecule has 36 heavy (non-hydrogen) atoms. The van der Waals surface area contributed by atoms with Crippen molar-refractivity contribution in [2.45, 2.75) is 39.2 Å². The van der Waals surface area contributed by atoms with Gasteiger partial charge in [0.25, 0.3) is 0 Å². The SMILES string of the molecule is COC(=O)C1=C(N)OC2=C(C(=O)CC(C)(C)C2)C1c1cccc(OC)c1OCc1ccc(Cl)c(Cl)c1. The first-order valence-electron chi connectivity index (χ1n) is 11.3. The Kier molecular flexibility index (Phi) is 7.25. The predicted molar refractivity (Wildman–Crippen MR) is 136 cm³/mol. The second-order valence-corrected chi connectivity index (χ2v) is 10.3. The Morgan fingerprint density at radius 2 is 1.89 bits per heavy atom. The van der Waals surface area contributed by atoms with Crippen LogP contribution in [0, 0.1) is 5.41 Å². The van der Waals surface area contributed by atoms with E-state index in [9.17, 15) is 9.59 Å². The Hall–Kier alpha value is -3.16. The third-order valence-electron chi connectivity index (χ3n) is 6.27. The number of ether oxygens (including phenoxy) is 4. The molecule has 0 saturated carbocycles. The van der Waals surface area contributed by atoms with Gasteiger partial charge in [-0.1, -0.05) is 55.2 Å². The van der Waals surface area contributed by atoms with Gasteiger partial charge in [-0.3, -0.25) is 4.79 Å². The zero-order chi connectivity index (χ0) is 26.2. The van der Waals surface area contributed by atoms with Gasteiger partial charge in [0, 0.05) is 24.0 Å². The van der Waals surface area contributed by atoms with Gasteiger partial charge in [-0.15, -0.1) is 0 Å². The van der Waals surface area contributed by atoms with Crippen LogP contribution in [0.2, 0.25) is 10.0 Å². The molecule has 2 aliphatic rings. The summed E-state index contributed by atoms with van der Waals surface area (Å²) in [6.07, 6.45) is 0.784. The summed E-state index contributed by atoms with van der Waals surface area (Å²) in [7, 11) is 2.77. The molecule has 0 aromatic heterocycles. The average molecular weight is 532 g/mol. The van der Waals surface area contributed by atoms with E-state index < -0.39 is 11.9 Å². The minimum absolute atomic E-state index is 0.0388. The Morgan fingerprint density at radius 1 is 1.14 bits per heavy atom. The van der Waals surface area contributed by atoms with Crippen molar-refractivity contribution in [1.82, 2.24) is 0 Å². The smallest absolute Gasteiger partial charge is 0.340 e. The van der Waals surface area contributed by atoms with Gasteiger partial charge in [-0.05, 0) is 29.2 Å². The van der Waals surface area contributed by atoms with Gasteiger partial charge in [-0.2, -0.15) is 0 Å². The molecule has 1 aliphatic carbocycles. The van der Waals surface area contributed by atoms with Crippen molar-refractivity contribution in [3.63, 3.8) is 0 Å². The fourth-order valence-electron chi connectivity index (χ4n) is 4.66. The number of Topliss-reactive ketones (excluding diaryl/α,β-unsaturated/α-hetero) is 1. The topological polar surface area (TPSA) is 97.1 Å². The largest absolute Gasteiger partial charge is 0.493 e. The van der Waals surface area contributed by atoms with Gasteiger partial charge in [0.15, 0.2) is 17.3 Å². The van der Waals surface area contributed by atoms with Gasteiger partial charge in [0.05, 0.1) is 30.2 Å². The first-order valence-corrected chi connectivity index (χ1v) is 12.1. The number of carbonyl (C=O) groups is 2. The van der Waals surface area contributed by atoms with Gasteiger partial charge < -0.3 is 24.7 Å². The average Bonchev–Trinajstić information content (AvgIpc) is 2.82. The van der Waals surface area contributed by atoms with E-state index >= 15 is 0 Å². The molecule has 190 valence electrons. The number of carbonyl (C=O) groups excluding carboxylic acids is 2. The van der Waals surface area contributed by atoms with Crippen LogP contribution in [0.15, 0.2) is 59.2 Å². The normalized spacial score (nSPS) is 18.9. The second kappa shape index (κ2) is 10.1. The number of ketones is 1. The predicted octanol–water partition coefficient (Wildman–Crippen LogP) is 5.68. The van der Waals surface area contributed by atoms with E-state index in [0.717, 1.165) is 5.56 Å². The standard InChI is InChI=1S/C27H27Cl2NO6/c1-27(2)11-18(31)22-20(12-27)36-25(30)23(26(32)34-4)21(22)15-6-5-7-19(33-3)24(15)35-13-14-8-9-16(28)17(29)10-14/h5-10,21H,11-13,30H2,1-4H3. The van der Waals surface area contributed by atoms with Crippen molar-refractivity contribution in [3.8, 4) is 11.5 Å². The summed E-state index contributed by atoms with van der Waals surface area (Å²) in [5.74, 6) is -0.551. The molecule has 0 spiro atoms. The highest BCUT2D eigenvalue weighted by molar-refractivity contribution is 6.42. The molecule has 1 atom stereocenters. The first kappa shape index (κ1) is 25.9. The van der Waals surface area contributed by atoms with Crippen LogP contribution in [0.5, 0.6) is 11.5 Å². The highest BCUT2D eigenvalue weighted by Crippen LogP contribution is 2.51. The number of methoxy groups -OCH3 is 2. The Morgan fingerprint density at radius 3 is 2.56 bits per heavy atom. The lowest BCUT2D eigenvalue weighted by atomic mass is 9.70. The second-order valence-electron chi connectivity index (χ2n) is 9.50. The zero-order valence-electron chi connectivity index (χ0n) is 20.4. The molecule has 2 aromatic carbocycles. The maximum atomic E-state index is 13.5. The lowest BCUT2D eigenvalue weighted by molar-refractivity contribution is -0.136. The summed E-state index contributed by atoms with van der Waals surface area (Å²) in [4.78, 5) is 26.4. The summed E-state index contributed by atoms with van der Waals surface area (Å²) in [6.45, 7) is 4.10. The molecule has 0 saturated heterocycles. The van der Waals surface area contributed by atoms with Crippen LogP contribution in [0.25, 0.3) is 0 Å². The van der Waals surface area contributed by atoms with Crippen LogP contribution < -0.4 is 15.2 Å². The molecule has 7 nitrogen and oxygen atoms in total. The van der Waals surface area contributed by atoms with Crippen molar-refractivity contribution in [3.05, 3.63) is 80.4 Å². The molecule has 0 bridgehead atoms. The quantitative estimate of drug-likeness (QED) is 0.478. The lowest BCUT2D eigenvalue weighted by Gasteiger charge is -2.38. The van der Waals surface area contributed by atoms with Gasteiger partial charge >= 0.3 is 5.97 Å². The molecular formula is C27H27Cl2NO6. The van der Waals surface area contributed by atoms with Crippen molar-refractivity contribution in [2.75, 3.05) is 14.2 Å².